The molecule has 0 heterocycles. The lowest BCUT2D eigenvalue weighted by Gasteiger charge is -2.16. The number of carbonyl (C=O) groups excluding carboxylic acids is 2. The number of benzene rings is 2. The van der Waals surface area contributed by atoms with Gasteiger partial charge in [-0.1, -0.05) is 26.0 Å². The number of nitrogens with one attached hydrogen (secondary N) is 2. The molecule has 0 aliphatic heterocycles. The maximum atomic E-state index is 12.3. The van der Waals surface area contributed by atoms with Crippen LogP contribution in [0.1, 0.15) is 50.7 Å². The molecule has 0 aliphatic rings. The number of rotatable bonds is 14. The molecule has 8 nitrogen and oxygen atoms in total. The fraction of sp³-hybridized carbons (Fsp3) is 0.407. The second kappa shape index (κ2) is 13.9. The number of phenolic OH excluding ortho intramolecular Hbond substituents is 2. The summed E-state index contributed by atoms with van der Waals surface area (Å²) < 4.78 is 10.6. The second-order valence-electron chi connectivity index (χ2n) is 8.58. The van der Waals surface area contributed by atoms with Crippen LogP contribution >= 0.6 is 0 Å². The minimum Gasteiger partial charge on any atom is -0.504 e. The molecule has 0 bridgehead atoms. The number of allylic oxidation sites excluding steroid dienone is 2. The van der Waals surface area contributed by atoms with Crippen molar-refractivity contribution in [2.75, 3.05) is 14.2 Å². The van der Waals surface area contributed by atoms with Crippen molar-refractivity contribution in [1.82, 2.24) is 10.6 Å². The number of phenols is 2. The van der Waals surface area contributed by atoms with Gasteiger partial charge in [-0.3, -0.25) is 9.59 Å². The Balaban J connectivity index is 2.19. The van der Waals surface area contributed by atoms with Gasteiger partial charge in [-0.2, -0.15) is 0 Å². The maximum absolute atomic E-state index is 12.3. The first-order valence-electron chi connectivity index (χ1n) is 11.7. The molecule has 2 aromatic rings. The van der Waals surface area contributed by atoms with Crippen LogP contribution < -0.4 is 20.1 Å². The molecule has 0 spiro atoms. The van der Waals surface area contributed by atoms with Crippen molar-refractivity contribution < 1.29 is 29.3 Å². The molecule has 0 radical (unpaired) electrons. The molecule has 2 rings (SSSR count). The van der Waals surface area contributed by atoms with E-state index in [1.54, 1.807) is 24.3 Å². The van der Waals surface area contributed by atoms with E-state index in [2.05, 4.69) is 36.6 Å². The van der Waals surface area contributed by atoms with Crippen LogP contribution in [0, 0.1) is 5.92 Å². The van der Waals surface area contributed by atoms with Gasteiger partial charge in [-0.25, -0.2) is 0 Å². The summed E-state index contributed by atoms with van der Waals surface area (Å²) in [6.45, 7) is 4.72. The third kappa shape index (κ3) is 8.24. The predicted octanol–water partition coefficient (Wildman–Crippen LogP) is 4.42. The molecular weight excluding hydrogens is 448 g/mol. The van der Waals surface area contributed by atoms with Crippen molar-refractivity contribution in [2.45, 2.75) is 52.6 Å². The summed E-state index contributed by atoms with van der Waals surface area (Å²) in [6, 6.07) is 6.58. The SMILES string of the molecule is COc1cc(CNC=O)cc(-c2cc(CNC(=O)CCCC/C=C/C(C)C)cc(OC)c2O)c1O. The van der Waals surface area contributed by atoms with Gasteiger partial charge in [0.2, 0.25) is 12.3 Å². The summed E-state index contributed by atoms with van der Waals surface area (Å²) in [5.74, 6) is 0.563. The first-order chi connectivity index (χ1) is 16.8. The average molecular weight is 485 g/mol. The molecular formula is C27H36N2O6. The Morgan fingerprint density at radius 3 is 2.03 bits per heavy atom. The van der Waals surface area contributed by atoms with E-state index < -0.39 is 0 Å². The van der Waals surface area contributed by atoms with Gasteiger partial charge >= 0.3 is 0 Å². The van der Waals surface area contributed by atoms with E-state index in [1.807, 2.05) is 0 Å². The summed E-state index contributed by atoms with van der Waals surface area (Å²) in [6.07, 6.45) is 8.03. The van der Waals surface area contributed by atoms with Gasteiger partial charge in [-0.05, 0) is 60.6 Å². The van der Waals surface area contributed by atoms with Crippen LogP contribution in [0.4, 0.5) is 0 Å². The summed E-state index contributed by atoms with van der Waals surface area (Å²) in [5, 5.41) is 27.0. The van der Waals surface area contributed by atoms with Crippen molar-refractivity contribution in [3.8, 4) is 34.1 Å². The summed E-state index contributed by atoms with van der Waals surface area (Å²) >= 11 is 0. The number of methoxy groups -OCH3 is 2. The highest BCUT2D eigenvalue weighted by Crippen LogP contribution is 2.45. The molecule has 2 aromatic carbocycles. The normalized spacial score (nSPS) is 11.0. The van der Waals surface area contributed by atoms with Crippen LogP contribution in [0.5, 0.6) is 23.0 Å². The summed E-state index contributed by atoms with van der Waals surface area (Å²) in [7, 11) is 2.85. The van der Waals surface area contributed by atoms with Gasteiger partial charge in [0, 0.05) is 30.6 Å². The van der Waals surface area contributed by atoms with E-state index in [1.165, 1.54) is 14.2 Å². The number of aromatic hydroxyl groups is 2. The van der Waals surface area contributed by atoms with E-state index in [9.17, 15) is 19.8 Å². The molecule has 0 aliphatic carbocycles. The molecule has 0 saturated carbocycles. The van der Waals surface area contributed by atoms with Gasteiger partial charge in [0.05, 0.1) is 14.2 Å². The van der Waals surface area contributed by atoms with Crippen molar-refractivity contribution in [3.63, 3.8) is 0 Å². The standard InChI is InChI=1S/C27H36N2O6/c1-18(2)9-7-5-6-8-10-25(31)29-16-20-12-22(27(33)24(14-20)35-4)21-11-19(15-28-17-30)13-23(34-3)26(21)32/h7,9,11-14,17-18,32-33H,5-6,8,10,15-16H2,1-4H3,(H,28,30)(H,29,31)/b9-7+. The minimum atomic E-state index is -0.160. The third-order valence-corrected chi connectivity index (χ3v) is 5.42. The number of ether oxygens (including phenoxy) is 2. The number of hydrogen-bond donors (Lipinski definition) is 4. The van der Waals surface area contributed by atoms with Crippen LogP contribution in [0.2, 0.25) is 0 Å². The Hall–Kier alpha value is -3.68. The van der Waals surface area contributed by atoms with E-state index in [4.69, 9.17) is 9.47 Å². The maximum Gasteiger partial charge on any atom is 0.220 e. The van der Waals surface area contributed by atoms with Crippen LogP contribution in [0.15, 0.2) is 36.4 Å². The zero-order valence-electron chi connectivity index (χ0n) is 20.9. The number of hydrogen-bond acceptors (Lipinski definition) is 6. The van der Waals surface area contributed by atoms with Gasteiger partial charge in [0.1, 0.15) is 0 Å². The molecule has 4 N–H and O–H groups in total. The Bertz CT molecular complexity index is 1030. The van der Waals surface area contributed by atoms with Gasteiger partial charge in [-0.15, -0.1) is 0 Å². The van der Waals surface area contributed by atoms with Crippen LogP contribution in [0.3, 0.4) is 0 Å². The quantitative estimate of drug-likeness (QED) is 0.179. The average Bonchev–Trinajstić information content (AvgIpc) is 2.84. The molecule has 0 fully saturated rings. The highest BCUT2D eigenvalue weighted by atomic mass is 16.5. The molecule has 0 saturated heterocycles. The van der Waals surface area contributed by atoms with Gasteiger partial charge in [0.25, 0.3) is 0 Å². The predicted molar refractivity (Wildman–Crippen MR) is 136 cm³/mol. The van der Waals surface area contributed by atoms with Crippen molar-refractivity contribution >= 4 is 12.3 Å². The molecule has 2 amide bonds. The van der Waals surface area contributed by atoms with E-state index >= 15 is 0 Å². The Morgan fingerprint density at radius 1 is 0.943 bits per heavy atom. The molecule has 0 unspecified atom stereocenters. The zero-order valence-corrected chi connectivity index (χ0v) is 20.9. The third-order valence-electron chi connectivity index (χ3n) is 5.42. The first kappa shape index (κ1) is 27.6. The smallest absolute Gasteiger partial charge is 0.220 e. The molecule has 0 atom stereocenters. The zero-order chi connectivity index (χ0) is 25.8. The van der Waals surface area contributed by atoms with Crippen LogP contribution in [0.25, 0.3) is 11.1 Å². The Morgan fingerprint density at radius 2 is 1.51 bits per heavy atom. The van der Waals surface area contributed by atoms with E-state index in [0.717, 1.165) is 19.3 Å². The lowest BCUT2D eigenvalue weighted by atomic mass is 9.97. The van der Waals surface area contributed by atoms with E-state index in [0.29, 0.717) is 41.0 Å². The highest BCUT2D eigenvalue weighted by Gasteiger charge is 2.19. The molecule has 8 heteroatoms. The second-order valence-corrected chi connectivity index (χ2v) is 8.58. The van der Waals surface area contributed by atoms with Crippen LogP contribution in [-0.2, 0) is 22.7 Å². The number of carbonyl (C=O) groups is 2. The van der Waals surface area contributed by atoms with Gasteiger partial charge in [0.15, 0.2) is 23.0 Å². The van der Waals surface area contributed by atoms with Crippen molar-refractivity contribution in [2.24, 2.45) is 5.92 Å². The van der Waals surface area contributed by atoms with Crippen LogP contribution in [-0.4, -0.2) is 36.7 Å². The summed E-state index contributed by atoms with van der Waals surface area (Å²) in [5.41, 5.74) is 1.99. The fourth-order valence-corrected chi connectivity index (χ4v) is 3.62. The Labute approximate surface area is 207 Å². The number of amides is 2. The van der Waals surface area contributed by atoms with Crippen molar-refractivity contribution in [3.05, 3.63) is 47.5 Å². The fourth-order valence-electron chi connectivity index (χ4n) is 3.62. The lowest BCUT2D eigenvalue weighted by molar-refractivity contribution is -0.121. The first-order valence-corrected chi connectivity index (χ1v) is 11.7. The number of unbranched alkanes of at least 4 members (excludes halogenated alkanes) is 2. The topological polar surface area (TPSA) is 117 Å². The summed E-state index contributed by atoms with van der Waals surface area (Å²) in [4.78, 5) is 23.0. The van der Waals surface area contributed by atoms with E-state index in [-0.39, 0.29) is 42.0 Å². The lowest BCUT2D eigenvalue weighted by Crippen LogP contribution is -2.22. The Kier molecular flexibility index (Phi) is 10.9. The molecule has 190 valence electrons. The van der Waals surface area contributed by atoms with Crippen molar-refractivity contribution in [1.29, 1.82) is 0 Å². The van der Waals surface area contributed by atoms with Gasteiger partial charge < -0.3 is 30.3 Å². The minimum absolute atomic E-state index is 0.0575. The monoisotopic (exact) mass is 484 g/mol. The molecule has 0 aromatic heterocycles. The highest BCUT2D eigenvalue weighted by molar-refractivity contribution is 5.81. The molecule has 35 heavy (non-hydrogen) atoms. The largest absolute Gasteiger partial charge is 0.504 e.